The molecule has 2 heterocycles. The maximum absolute atomic E-state index is 13.9. The average molecular weight is 298 g/mol. The molecule has 3 rings (SSSR count). The first kappa shape index (κ1) is 14.4. The summed E-state index contributed by atoms with van der Waals surface area (Å²) in [5.41, 5.74) is -0.190. The Morgan fingerprint density at radius 2 is 2.10 bits per heavy atom. The molecule has 1 fully saturated rings. The molecule has 0 radical (unpaired) electrons. The summed E-state index contributed by atoms with van der Waals surface area (Å²) in [5, 5.41) is 10.0. The minimum Gasteiger partial charge on any atom is -0.389 e. The molecule has 0 bridgehead atoms. The predicted octanol–water partition coefficient (Wildman–Crippen LogP) is 2.58. The van der Waals surface area contributed by atoms with E-state index >= 15 is 0 Å². The molecular weight excluding hydrogens is 281 g/mol. The Bertz CT molecular complexity index is 681. The van der Waals surface area contributed by atoms with Gasteiger partial charge in [-0.25, -0.2) is 13.2 Å². The van der Waals surface area contributed by atoms with Gasteiger partial charge in [0.2, 0.25) is 0 Å². The molecule has 2 N–H and O–H groups in total. The van der Waals surface area contributed by atoms with Crippen LogP contribution in [0.2, 0.25) is 0 Å². The Kier molecular flexibility index (Phi) is 3.45. The topological polar surface area (TPSA) is 39.3 Å². The molecular formula is C15H17F3N2O. The number of fused-ring (bicyclic) bond motifs is 1. The molecule has 1 aliphatic heterocycles. The maximum Gasteiger partial charge on any atom is 0.183 e. The number of aromatic amines is 1. The standard InChI is InChI=1S/C15H17F3N2O/c1-15(21)3-5-20(8-15)4-2-9-7-19-14-12(9)10(16)6-11(17)13(14)18/h6-7,19,21H,2-5,8H2,1H3. The molecule has 1 aliphatic rings. The number of aliphatic hydroxyl groups is 1. The van der Waals surface area contributed by atoms with Crippen molar-refractivity contribution in [1.29, 1.82) is 0 Å². The van der Waals surface area contributed by atoms with Gasteiger partial charge in [0.05, 0.1) is 11.1 Å². The Morgan fingerprint density at radius 1 is 1.33 bits per heavy atom. The van der Waals surface area contributed by atoms with E-state index in [4.69, 9.17) is 0 Å². The molecule has 6 heteroatoms. The van der Waals surface area contributed by atoms with Crippen LogP contribution in [0.3, 0.4) is 0 Å². The van der Waals surface area contributed by atoms with Crippen LogP contribution in [-0.4, -0.2) is 40.2 Å². The number of nitrogens with one attached hydrogen (secondary N) is 1. The third-order valence-electron chi connectivity index (χ3n) is 4.11. The van der Waals surface area contributed by atoms with E-state index in [1.165, 1.54) is 6.20 Å². The van der Waals surface area contributed by atoms with Gasteiger partial charge >= 0.3 is 0 Å². The van der Waals surface area contributed by atoms with E-state index < -0.39 is 23.1 Å². The van der Waals surface area contributed by atoms with Crippen molar-refractivity contribution in [1.82, 2.24) is 9.88 Å². The minimum atomic E-state index is -1.19. The third kappa shape index (κ3) is 2.65. The molecule has 0 aliphatic carbocycles. The highest BCUT2D eigenvalue weighted by molar-refractivity contribution is 5.84. The van der Waals surface area contributed by atoms with Crippen LogP contribution >= 0.6 is 0 Å². The molecule has 1 unspecified atom stereocenters. The summed E-state index contributed by atoms with van der Waals surface area (Å²) in [5.74, 6) is -3.00. The van der Waals surface area contributed by atoms with Crippen molar-refractivity contribution in [2.75, 3.05) is 19.6 Å². The lowest BCUT2D eigenvalue weighted by molar-refractivity contribution is 0.0690. The first-order valence-corrected chi connectivity index (χ1v) is 6.95. The number of likely N-dealkylation sites (tertiary alicyclic amines) is 1. The Hall–Kier alpha value is -1.53. The van der Waals surface area contributed by atoms with Crippen molar-refractivity contribution in [3.63, 3.8) is 0 Å². The molecule has 0 spiro atoms. The molecule has 2 aromatic rings. The van der Waals surface area contributed by atoms with Crippen LogP contribution < -0.4 is 0 Å². The summed E-state index contributed by atoms with van der Waals surface area (Å²) in [7, 11) is 0. The fourth-order valence-corrected chi connectivity index (χ4v) is 2.98. The number of nitrogens with zero attached hydrogens (tertiary/aromatic N) is 1. The second kappa shape index (κ2) is 5.03. The summed E-state index contributed by atoms with van der Waals surface area (Å²) < 4.78 is 40.6. The highest BCUT2D eigenvalue weighted by atomic mass is 19.2. The fourth-order valence-electron chi connectivity index (χ4n) is 2.98. The molecule has 1 saturated heterocycles. The van der Waals surface area contributed by atoms with Crippen molar-refractivity contribution in [3.8, 4) is 0 Å². The number of rotatable bonds is 3. The molecule has 1 aromatic heterocycles. The van der Waals surface area contributed by atoms with E-state index in [1.807, 2.05) is 0 Å². The maximum atomic E-state index is 13.9. The van der Waals surface area contributed by atoms with Gasteiger partial charge < -0.3 is 15.0 Å². The lowest BCUT2D eigenvalue weighted by Crippen LogP contribution is -2.30. The van der Waals surface area contributed by atoms with Gasteiger partial charge in [0.25, 0.3) is 0 Å². The zero-order valence-corrected chi connectivity index (χ0v) is 11.7. The van der Waals surface area contributed by atoms with Crippen LogP contribution in [0, 0.1) is 17.5 Å². The smallest absolute Gasteiger partial charge is 0.183 e. The molecule has 21 heavy (non-hydrogen) atoms. The van der Waals surface area contributed by atoms with E-state index in [-0.39, 0.29) is 10.9 Å². The van der Waals surface area contributed by atoms with Gasteiger partial charge in [0.1, 0.15) is 5.82 Å². The fraction of sp³-hybridized carbons (Fsp3) is 0.467. The van der Waals surface area contributed by atoms with E-state index in [2.05, 4.69) is 9.88 Å². The number of benzene rings is 1. The summed E-state index contributed by atoms with van der Waals surface area (Å²) >= 11 is 0. The van der Waals surface area contributed by atoms with Crippen LogP contribution in [0.15, 0.2) is 12.3 Å². The van der Waals surface area contributed by atoms with E-state index in [9.17, 15) is 18.3 Å². The zero-order chi connectivity index (χ0) is 15.2. The van der Waals surface area contributed by atoms with Gasteiger partial charge in [0, 0.05) is 37.3 Å². The quantitative estimate of drug-likeness (QED) is 0.855. The van der Waals surface area contributed by atoms with E-state index in [0.717, 1.165) is 6.54 Å². The highest BCUT2D eigenvalue weighted by Crippen LogP contribution is 2.27. The first-order valence-electron chi connectivity index (χ1n) is 6.95. The van der Waals surface area contributed by atoms with Crippen LogP contribution in [-0.2, 0) is 6.42 Å². The van der Waals surface area contributed by atoms with Crippen molar-refractivity contribution in [3.05, 3.63) is 35.3 Å². The zero-order valence-electron chi connectivity index (χ0n) is 11.7. The Balaban J connectivity index is 1.81. The lowest BCUT2D eigenvalue weighted by atomic mass is 10.1. The van der Waals surface area contributed by atoms with E-state index in [0.29, 0.717) is 37.6 Å². The number of aromatic nitrogens is 1. The summed E-state index contributed by atoms with van der Waals surface area (Å²) in [6.45, 7) is 3.78. The van der Waals surface area contributed by atoms with Gasteiger partial charge in [-0.2, -0.15) is 0 Å². The van der Waals surface area contributed by atoms with Gasteiger partial charge in [-0.05, 0) is 25.3 Å². The molecule has 1 aromatic carbocycles. The second-order valence-corrected chi connectivity index (χ2v) is 5.99. The molecule has 0 saturated carbocycles. The van der Waals surface area contributed by atoms with Crippen molar-refractivity contribution in [2.45, 2.75) is 25.4 Å². The minimum absolute atomic E-state index is 0.111. The van der Waals surface area contributed by atoms with Gasteiger partial charge in [0.15, 0.2) is 11.6 Å². The van der Waals surface area contributed by atoms with Gasteiger partial charge in [-0.15, -0.1) is 0 Å². The average Bonchev–Trinajstić information content (AvgIpc) is 2.97. The Labute approximate surface area is 120 Å². The number of halogens is 3. The number of β-amino-alcohol motifs (C(OH)–C–C–N with tert-alkyl or cyclic N) is 1. The number of hydrogen-bond acceptors (Lipinski definition) is 2. The normalized spacial score (nSPS) is 23.3. The van der Waals surface area contributed by atoms with E-state index in [1.54, 1.807) is 6.92 Å². The number of hydrogen-bond donors (Lipinski definition) is 2. The van der Waals surface area contributed by atoms with Crippen molar-refractivity contribution >= 4 is 10.9 Å². The van der Waals surface area contributed by atoms with Crippen LogP contribution in [0.4, 0.5) is 13.2 Å². The predicted molar refractivity (Wildman–Crippen MR) is 73.6 cm³/mol. The van der Waals surface area contributed by atoms with Crippen LogP contribution in [0.1, 0.15) is 18.9 Å². The van der Waals surface area contributed by atoms with Gasteiger partial charge in [-0.3, -0.25) is 0 Å². The van der Waals surface area contributed by atoms with Crippen LogP contribution in [0.25, 0.3) is 10.9 Å². The second-order valence-electron chi connectivity index (χ2n) is 5.99. The third-order valence-corrected chi connectivity index (χ3v) is 4.11. The van der Waals surface area contributed by atoms with Crippen LogP contribution in [0.5, 0.6) is 0 Å². The summed E-state index contributed by atoms with van der Waals surface area (Å²) in [6.07, 6.45) is 2.73. The first-order chi connectivity index (χ1) is 9.87. The molecule has 1 atom stereocenters. The van der Waals surface area contributed by atoms with Gasteiger partial charge in [-0.1, -0.05) is 0 Å². The monoisotopic (exact) mass is 298 g/mol. The summed E-state index contributed by atoms with van der Waals surface area (Å²) in [4.78, 5) is 4.69. The summed E-state index contributed by atoms with van der Waals surface area (Å²) in [6, 6.07) is 0.579. The largest absolute Gasteiger partial charge is 0.389 e. The van der Waals surface area contributed by atoms with Crippen molar-refractivity contribution in [2.24, 2.45) is 0 Å². The SMILES string of the molecule is CC1(O)CCN(CCc2c[nH]c3c(F)c(F)cc(F)c23)C1. The molecule has 0 amide bonds. The number of H-pyrrole nitrogens is 1. The molecule has 114 valence electrons. The van der Waals surface area contributed by atoms with Crippen molar-refractivity contribution < 1.29 is 18.3 Å². The molecule has 3 nitrogen and oxygen atoms in total. The lowest BCUT2D eigenvalue weighted by Gasteiger charge is -2.18. The highest BCUT2D eigenvalue weighted by Gasteiger charge is 2.31. The Morgan fingerprint density at radius 3 is 2.76 bits per heavy atom.